The molecule has 2 aromatic carbocycles. The Kier molecular flexibility index (Phi) is 3.62. The molecule has 1 atom stereocenters. The summed E-state index contributed by atoms with van der Waals surface area (Å²) in [6.07, 6.45) is 0.907. The summed E-state index contributed by atoms with van der Waals surface area (Å²) in [6.45, 7) is 1.56. The molecule has 108 valence electrons. The first-order chi connectivity index (χ1) is 10.1. The van der Waals surface area contributed by atoms with E-state index in [1.54, 1.807) is 12.1 Å². The maximum Gasteiger partial charge on any atom is 0.335 e. The highest BCUT2D eigenvalue weighted by atomic mass is 16.4. The summed E-state index contributed by atoms with van der Waals surface area (Å²) in [5.74, 6) is -0.896. The van der Waals surface area contributed by atoms with Gasteiger partial charge in [-0.15, -0.1) is 0 Å². The second-order valence-electron chi connectivity index (χ2n) is 5.48. The summed E-state index contributed by atoms with van der Waals surface area (Å²) >= 11 is 0. The fraction of sp³-hybridized carbons (Fsp3) is 0.235. The molecular formula is C17H18N2O2. The van der Waals surface area contributed by atoms with Gasteiger partial charge in [-0.3, -0.25) is 0 Å². The molecule has 0 fully saturated rings. The lowest BCUT2D eigenvalue weighted by atomic mass is 9.98. The highest BCUT2D eigenvalue weighted by Crippen LogP contribution is 2.27. The third-order valence-electron chi connectivity index (χ3n) is 3.84. The zero-order chi connectivity index (χ0) is 14.8. The molecule has 1 unspecified atom stereocenters. The second kappa shape index (κ2) is 5.58. The maximum absolute atomic E-state index is 10.9. The van der Waals surface area contributed by atoms with Crippen LogP contribution in [0.25, 0.3) is 0 Å². The van der Waals surface area contributed by atoms with Crippen molar-refractivity contribution < 1.29 is 9.90 Å². The standard InChI is InChI=1S/C17H18N2O2/c18-15-9-14-3-1-2-4-16(14)19(11-15)10-12-5-7-13(8-6-12)17(20)21/h1-8,15H,9-11,18H2,(H,20,21). The van der Waals surface area contributed by atoms with Gasteiger partial charge in [-0.05, 0) is 35.7 Å². The Morgan fingerprint density at radius 2 is 1.90 bits per heavy atom. The minimum Gasteiger partial charge on any atom is -0.478 e. The largest absolute Gasteiger partial charge is 0.478 e. The van der Waals surface area contributed by atoms with Gasteiger partial charge in [-0.2, -0.15) is 0 Å². The zero-order valence-electron chi connectivity index (χ0n) is 11.7. The predicted molar refractivity (Wildman–Crippen MR) is 82.6 cm³/mol. The monoisotopic (exact) mass is 282 g/mol. The zero-order valence-corrected chi connectivity index (χ0v) is 11.7. The number of nitrogens with zero attached hydrogens (tertiary/aromatic N) is 1. The van der Waals surface area contributed by atoms with Gasteiger partial charge in [0.25, 0.3) is 0 Å². The number of hydrogen-bond acceptors (Lipinski definition) is 3. The number of carboxylic acid groups (broad SMARTS) is 1. The Morgan fingerprint density at radius 1 is 1.19 bits per heavy atom. The van der Waals surface area contributed by atoms with Crippen LogP contribution >= 0.6 is 0 Å². The highest BCUT2D eigenvalue weighted by molar-refractivity contribution is 5.87. The molecule has 2 aromatic rings. The van der Waals surface area contributed by atoms with E-state index in [0.29, 0.717) is 5.56 Å². The van der Waals surface area contributed by atoms with Crippen LogP contribution in [0.15, 0.2) is 48.5 Å². The number of fused-ring (bicyclic) bond motifs is 1. The van der Waals surface area contributed by atoms with Crippen LogP contribution in [0.4, 0.5) is 5.69 Å². The second-order valence-corrected chi connectivity index (χ2v) is 5.48. The molecule has 0 bridgehead atoms. The summed E-state index contributed by atoms with van der Waals surface area (Å²) < 4.78 is 0. The van der Waals surface area contributed by atoms with Crippen LogP contribution in [-0.4, -0.2) is 23.7 Å². The third-order valence-corrected chi connectivity index (χ3v) is 3.84. The Hall–Kier alpha value is -2.33. The van der Waals surface area contributed by atoms with Crippen molar-refractivity contribution in [2.24, 2.45) is 5.73 Å². The van der Waals surface area contributed by atoms with E-state index in [9.17, 15) is 4.79 Å². The van der Waals surface area contributed by atoms with Crippen LogP contribution in [-0.2, 0) is 13.0 Å². The third kappa shape index (κ3) is 2.90. The first kappa shape index (κ1) is 13.6. The average molecular weight is 282 g/mol. The van der Waals surface area contributed by atoms with Crippen molar-refractivity contribution in [3.8, 4) is 0 Å². The number of carboxylic acids is 1. The minimum absolute atomic E-state index is 0.137. The molecule has 0 amide bonds. The fourth-order valence-electron chi connectivity index (χ4n) is 2.84. The van der Waals surface area contributed by atoms with E-state index in [2.05, 4.69) is 17.0 Å². The highest BCUT2D eigenvalue weighted by Gasteiger charge is 2.21. The minimum atomic E-state index is -0.896. The molecule has 3 N–H and O–H groups in total. The molecule has 3 rings (SSSR count). The molecule has 4 heteroatoms. The Balaban J connectivity index is 1.83. The van der Waals surface area contributed by atoms with Crippen molar-refractivity contribution in [3.63, 3.8) is 0 Å². The number of benzene rings is 2. The molecule has 4 nitrogen and oxygen atoms in total. The molecule has 1 heterocycles. The molecule has 1 aliphatic heterocycles. The number of carbonyl (C=O) groups is 1. The van der Waals surface area contributed by atoms with E-state index in [0.717, 1.165) is 25.1 Å². The molecule has 0 spiro atoms. The molecule has 0 radical (unpaired) electrons. The van der Waals surface area contributed by atoms with Gasteiger partial charge in [0.2, 0.25) is 0 Å². The van der Waals surface area contributed by atoms with E-state index in [4.69, 9.17) is 10.8 Å². The summed E-state index contributed by atoms with van der Waals surface area (Å²) in [5.41, 5.74) is 10.0. The number of hydrogen-bond donors (Lipinski definition) is 2. The SMILES string of the molecule is NC1Cc2ccccc2N(Cc2ccc(C(=O)O)cc2)C1. The average Bonchev–Trinajstić information content (AvgIpc) is 2.47. The van der Waals surface area contributed by atoms with Gasteiger partial charge in [0.15, 0.2) is 0 Å². The van der Waals surface area contributed by atoms with Crippen molar-refractivity contribution in [2.75, 3.05) is 11.4 Å². The Bertz CT molecular complexity index is 652. The summed E-state index contributed by atoms with van der Waals surface area (Å²) in [7, 11) is 0. The lowest BCUT2D eigenvalue weighted by molar-refractivity contribution is 0.0697. The molecule has 0 aliphatic carbocycles. The van der Waals surface area contributed by atoms with Crippen molar-refractivity contribution in [1.82, 2.24) is 0 Å². The van der Waals surface area contributed by atoms with Gasteiger partial charge >= 0.3 is 5.97 Å². The Morgan fingerprint density at radius 3 is 2.62 bits per heavy atom. The molecule has 1 aliphatic rings. The maximum atomic E-state index is 10.9. The first-order valence-corrected chi connectivity index (χ1v) is 7.04. The van der Waals surface area contributed by atoms with Gasteiger partial charge in [0.1, 0.15) is 0 Å². The van der Waals surface area contributed by atoms with Gasteiger partial charge in [0.05, 0.1) is 5.56 Å². The van der Waals surface area contributed by atoms with E-state index < -0.39 is 5.97 Å². The first-order valence-electron chi connectivity index (χ1n) is 7.04. The van der Waals surface area contributed by atoms with Crippen molar-refractivity contribution in [2.45, 2.75) is 19.0 Å². The van der Waals surface area contributed by atoms with Crippen LogP contribution in [0.5, 0.6) is 0 Å². The lowest BCUT2D eigenvalue weighted by Gasteiger charge is -2.34. The molecule has 0 saturated carbocycles. The smallest absolute Gasteiger partial charge is 0.335 e. The molecular weight excluding hydrogens is 264 g/mol. The summed E-state index contributed by atoms with van der Waals surface area (Å²) in [6, 6.07) is 15.5. The van der Waals surface area contributed by atoms with Crippen molar-refractivity contribution in [3.05, 3.63) is 65.2 Å². The van der Waals surface area contributed by atoms with E-state index in [1.807, 2.05) is 24.3 Å². The van der Waals surface area contributed by atoms with Crippen LogP contribution in [0.3, 0.4) is 0 Å². The van der Waals surface area contributed by atoms with Gasteiger partial charge in [-0.25, -0.2) is 4.79 Å². The van der Waals surface area contributed by atoms with Crippen LogP contribution in [0.2, 0.25) is 0 Å². The van der Waals surface area contributed by atoms with E-state index in [-0.39, 0.29) is 6.04 Å². The van der Waals surface area contributed by atoms with E-state index in [1.165, 1.54) is 11.3 Å². The van der Waals surface area contributed by atoms with E-state index >= 15 is 0 Å². The molecule has 0 saturated heterocycles. The topological polar surface area (TPSA) is 66.6 Å². The molecule has 21 heavy (non-hydrogen) atoms. The number of rotatable bonds is 3. The predicted octanol–water partition coefficient (Wildman–Crippen LogP) is 2.27. The Labute approximate surface area is 123 Å². The van der Waals surface area contributed by atoms with Crippen molar-refractivity contribution >= 4 is 11.7 Å². The van der Waals surface area contributed by atoms with Crippen LogP contribution < -0.4 is 10.6 Å². The molecule has 0 aromatic heterocycles. The van der Waals surface area contributed by atoms with Gasteiger partial charge in [-0.1, -0.05) is 30.3 Å². The van der Waals surface area contributed by atoms with Crippen LogP contribution in [0, 0.1) is 0 Å². The lowest BCUT2D eigenvalue weighted by Crippen LogP contribution is -2.42. The fourth-order valence-corrected chi connectivity index (χ4v) is 2.84. The summed E-state index contributed by atoms with van der Waals surface area (Å²) in [4.78, 5) is 13.1. The number of aromatic carboxylic acids is 1. The number of para-hydroxylation sites is 1. The summed E-state index contributed by atoms with van der Waals surface area (Å²) in [5, 5.41) is 8.94. The van der Waals surface area contributed by atoms with Gasteiger partial charge in [0, 0.05) is 24.8 Å². The quantitative estimate of drug-likeness (QED) is 0.906. The number of anilines is 1. The normalized spacial score (nSPS) is 17.4. The number of nitrogens with two attached hydrogens (primary N) is 1. The van der Waals surface area contributed by atoms with Crippen LogP contribution in [0.1, 0.15) is 21.5 Å². The van der Waals surface area contributed by atoms with Gasteiger partial charge < -0.3 is 15.7 Å². The van der Waals surface area contributed by atoms with Crippen molar-refractivity contribution in [1.29, 1.82) is 0 Å².